The highest BCUT2D eigenvalue weighted by Gasteiger charge is 2.24. The summed E-state index contributed by atoms with van der Waals surface area (Å²) in [4.78, 5) is 11.6. The molecule has 6 nitrogen and oxygen atoms in total. The van der Waals surface area contributed by atoms with E-state index in [0.717, 1.165) is 18.9 Å². The summed E-state index contributed by atoms with van der Waals surface area (Å²) in [6.07, 6.45) is 1.60. The monoisotopic (exact) mass is 336 g/mol. The van der Waals surface area contributed by atoms with Crippen LogP contribution in [-0.2, 0) is 13.8 Å². The molecule has 0 radical (unpaired) electrons. The largest absolute Gasteiger partial charge is 0.493 e. The molecule has 0 heterocycles. The SMILES string of the molecule is CCCCOC(=O)c1cc(OC)c(OC)c(S(=O)(=O)Cl)c1. The van der Waals surface area contributed by atoms with Crippen molar-refractivity contribution in [2.75, 3.05) is 20.8 Å². The minimum atomic E-state index is -4.10. The number of ether oxygens (including phenoxy) is 3. The van der Waals surface area contributed by atoms with Gasteiger partial charge in [-0.15, -0.1) is 0 Å². The Labute approximate surface area is 128 Å². The van der Waals surface area contributed by atoms with Crippen molar-refractivity contribution in [1.29, 1.82) is 0 Å². The van der Waals surface area contributed by atoms with Crippen LogP contribution in [0.3, 0.4) is 0 Å². The zero-order valence-corrected chi connectivity index (χ0v) is 13.6. The van der Waals surface area contributed by atoms with Gasteiger partial charge in [0.1, 0.15) is 4.90 Å². The molecule has 0 aromatic heterocycles. The van der Waals surface area contributed by atoms with Gasteiger partial charge in [-0.25, -0.2) is 13.2 Å². The average molecular weight is 337 g/mol. The lowest BCUT2D eigenvalue weighted by Gasteiger charge is -2.13. The van der Waals surface area contributed by atoms with E-state index in [9.17, 15) is 13.2 Å². The highest BCUT2D eigenvalue weighted by Crippen LogP contribution is 2.37. The van der Waals surface area contributed by atoms with E-state index in [1.54, 1.807) is 0 Å². The molecule has 118 valence electrons. The van der Waals surface area contributed by atoms with Gasteiger partial charge in [0.25, 0.3) is 9.05 Å². The molecule has 1 aromatic carbocycles. The molecule has 0 unspecified atom stereocenters. The molecule has 0 spiro atoms. The lowest BCUT2D eigenvalue weighted by molar-refractivity contribution is 0.0499. The van der Waals surface area contributed by atoms with Crippen LogP contribution in [-0.4, -0.2) is 35.2 Å². The molecule has 8 heteroatoms. The predicted octanol–water partition coefficient (Wildman–Crippen LogP) is 2.59. The second kappa shape index (κ2) is 7.51. The molecule has 1 rings (SSSR count). The number of halogens is 1. The van der Waals surface area contributed by atoms with E-state index >= 15 is 0 Å². The van der Waals surface area contributed by atoms with Crippen molar-refractivity contribution in [2.45, 2.75) is 24.7 Å². The number of esters is 1. The van der Waals surface area contributed by atoms with Crippen molar-refractivity contribution < 1.29 is 27.4 Å². The highest BCUT2D eigenvalue weighted by atomic mass is 35.7. The summed E-state index contributed by atoms with van der Waals surface area (Å²) >= 11 is 0. The topological polar surface area (TPSA) is 78.9 Å². The first-order chi connectivity index (χ1) is 9.85. The molecule has 0 aliphatic rings. The molecule has 0 aliphatic carbocycles. The summed E-state index contributed by atoms with van der Waals surface area (Å²) < 4.78 is 38.2. The summed E-state index contributed by atoms with van der Waals surface area (Å²) in [7, 11) is 3.87. The van der Waals surface area contributed by atoms with Gasteiger partial charge in [0.15, 0.2) is 11.5 Å². The zero-order chi connectivity index (χ0) is 16.0. The van der Waals surface area contributed by atoms with Gasteiger partial charge < -0.3 is 14.2 Å². The third-order valence-corrected chi connectivity index (χ3v) is 4.00. The molecule has 0 amide bonds. The maximum atomic E-state index is 11.9. The van der Waals surface area contributed by atoms with Crippen LogP contribution in [0.25, 0.3) is 0 Å². The number of carbonyl (C=O) groups is 1. The van der Waals surface area contributed by atoms with Crippen LogP contribution in [0.5, 0.6) is 11.5 Å². The number of methoxy groups -OCH3 is 2. The molecular formula is C13H17ClO6S. The summed E-state index contributed by atoms with van der Waals surface area (Å²) in [5.41, 5.74) is 0.0305. The molecule has 0 aliphatic heterocycles. The summed E-state index contributed by atoms with van der Waals surface area (Å²) in [5.74, 6) is -0.620. The first-order valence-corrected chi connectivity index (χ1v) is 8.53. The molecular weight excluding hydrogens is 320 g/mol. The van der Waals surface area contributed by atoms with E-state index in [2.05, 4.69) is 0 Å². The van der Waals surface area contributed by atoms with E-state index in [-0.39, 0.29) is 28.6 Å². The van der Waals surface area contributed by atoms with Gasteiger partial charge in [-0.05, 0) is 18.6 Å². The Kier molecular flexibility index (Phi) is 6.29. The Morgan fingerprint density at radius 2 is 1.90 bits per heavy atom. The molecule has 0 fully saturated rings. The summed E-state index contributed by atoms with van der Waals surface area (Å²) in [6, 6.07) is 2.46. The maximum Gasteiger partial charge on any atom is 0.338 e. The molecule has 21 heavy (non-hydrogen) atoms. The molecule has 0 N–H and O–H groups in total. The van der Waals surface area contributed by atoms with Crippen LogP contribution in [0.15, 0.2) is 17.0 Å². The molecule has 0 atom stereocenters. The summed E-state index contributed by atoms with van der Waals surface area (Å²) in [5, 5.41) is 0. The Morgan fingerprint density at radius 1 is 1.24 bits per heavy atom. The zero-order valence-electron chi connectivity index (χ0n) is 12.0. The number of hydrogen-bond donors (Lipinski definition) is 0. The molecule has 0 bridgehead atoms. The number of carbonyl (C=O) groups excluding carboxylic acids is 1. The molecule has 1 aromatic rings. The molecule has 0 saturated carbocycles. The Bertz CT molecular complexity index is 611. The standard InChI is InChI=1S/C13H17ClO6S/c1-4-5-6-20-13(15)9-7-10(18-2)12(19-3)11(8-9)21(14,16)17/h7-8H,4-6H2,1-3H3. The highest BCUT2D eigenvalue weighted by molar-refractivity contribution is 8.13. The lowest BCUT2D eigenvalue weighted by atomic mass is 10.2. The first kappa shape index (κ1) is 17.6. The van der Waals surface area contributed by atoms with Gasteiger partial charge in [0.2, 0.25) is 0 Å². The number of unbranched alkanes of at least 4 members (excludes halogenated alkanes) is 1. The molecule has 0 saturated heterocycles. The fourth-order valence-corrected chi connectivity index (χ4v) is 2.64. The van der Waals surface area contributed by atoms with E-state index in [0.29, 0.717) is 0 Å². The van der Waals surface area contributed by atoms with Gasteiger partial charge in [0, 0.05) is 10.7 Å². The lowest BCUT2D eigenvalue weighted by Crippen LogP contribution is -2.09. The minimum absolute atomic E-state index is 0.0305. The van der Waals surface area contributed by atoms with Crippen LogP contribution in [0.4, 0.5) is 0 Å². The van der Waals surface area contributed by atoms with Crippen molar-refractivity contribution >= 4 is 25.7 Å². The van der Waals surface area contributed by atoms with Crippen molar-refractivity contribution in [3.63, 3.8) is 0 Å². The smallest absolute Gasteiger partial charge is 0.338 e. The predicted molar refractivity (Wildman–Crippen MR) is 77.8 cm³/mol. The minimum Gasteiger partial charge on any atom is -0.493 e. The Balaban J connectivity index is 3.27. The maximum absolute atomic E-state index is 11.9. The number of rotatable bonds is 7. The fraction of sp³-hybridized carbons (Fsp3) is 0.462. The quantitative estimate of drug-likeness (QED) is 0.432. The second-order valence-corrected chi connectivity index (χ2v) is 6.67. The van der Waals surface area contributed by atoms with Crippen LogP contribution in [0.1, 0.15) is 30.1 Å². The van der Waals surface area contributed by atoms with Gasteiger partial charge in [-0.1, -0.05) is 13.3 Å². The fourth-order valence-electron chi connectivity index (χ4n) is 1.62. The van der Waals surface area contributed by atoms with Crippen LogP contribution < -0.4 is 9.47 Å². The van der Waals surface area contributed by atoms with E-state index < -0.39 is 15.0 Å². The third-order valence-electron chi connectivity index (χ3n) is 2.67. The second-order valence-electron chi connectivity index (χ2n) is 4.14. The van der Waals surface area contributed by atoms with Crippen LogP contribution in [0.2, 0.25) is 0 Å². The van der Waals surface area contributed by atoms with E-state index in [4.69, 9.17) is 24.9 Å². The van der Waals surface area contributed by atoms with Crippen LogP contribution >= 0.6 is 10.7 Å². The van der Waals surface area contributed by atoms with Crippen molar-refractivity contribution in [3.8, 4) is 11.5 Å². The summed E-state index contributed by atoms with van der Waals surface area (Å²) in [6.45, 7) is 2.22. The van der Waals surface area contributed by atoms with E-state index in [1.807, 2.05) is 6.92 Å². The van der Waals surface area contributed by atoms with Gasteiger partial charge in [-0.2, -0.15) is 0 Å². The van der Waals surface area contributed by atoms with Crippen LogP contribution in [0, 0.1) is 0 Å². The normalized spacial score (nSPS) is 11.0. The third kappa shape index (κ3) is 4.50. The van der Waals surface area contributed by atoms with Crippen molar-refractivity contribution in [1.82, 2.24) is 0 Å². The van der Waals surface area contributed by atoms with Crippen molar-refractivity contribution in [2.24, 2.45) is 0 Å². The van der Waals surface area contributed by atoms with Gasteiger partial charge in [-0.3, -0.25) is 0 Å². The van der Waals surface area contributed by atoms with Gasteiger partial charge >= 0.3 is 5.97 Å². The Morgan fingerprint density at radius 3 is 2.38 bits per heavy atom. The van der Waals surface area contributed by atoms with E-state index in [1.165, 1.54) is 20.3 Å². The first-order valence-electron chi connectivity index (χ1n) is 6.23. The number of benzene rings is 1. The number of hydrogen-bond acceptors (Lipinski definition) is 6. The van der Waals surface area contributed by atoms with Gasteiger partial charge in [0.05, 0.1) is 26.4 Å². The Hall–Kier alpha value is -1.47. The average Bonchev–Trinajstić information content (AvgIpc) is 2.44. The van der Waals surface area contributed by atoms with Crippen molar-refractivity contribution in [3.05, 3.63) is 17.7 Å².